The van der Waals surface area contributed by atoms with Crippen molar-refractivity contribution < 1.29 is 19.1 Å². The third-order valence-electron chi connectivity index (χ3n) is 3.04. The van der Waals surface area contributed by atoms with Crippen LogP contribution in [0.5, 0.6) is 0 Å². The number of nitrogens with zero attached hydrogens (tertiary/aromatic N) is 1. The van der Waals surface area contributed by atoms with Gasteiger partial charge < -0.3 is 20.1 Å². The van der Waals surface area contributed by atoms with Gasteiger partial charge in [-0.15, -0.1) is 0 Å². The summed E-state index contributed by atoms with van der Waals surface area (Å²) in [5, 5.41) is 0. The highest BCUT2D eigenvalue weighted by Crippen LogP contribution is 2.09. The maximum absolute atomic E-state index is 12.3. The lowest BCUT2D eigenvalue weighted by molar-refractivity contribution is -0.141. The number of hydrogen-bond acceptors (Lipinski definition) is 5. The fourth-order valence-electron chi connectivity index (χ4n) is 1.88. The van der Waals surface area contributed by atoms with Gasteiger partial charge in [0.2, 0.25) is 5.91 Å². The first-order chi connectivity index (χ1) is 10.1. The van der Waals surface area contributed by atoms with Crippen molar-refractivity contribution in [3.63, 3.8) is 0 Å². The van der Waals surface area contributed by atoms with E-state index in [1.54, 1.807) is 24.1 Å². The summed E-state index contributed by atoms with van der Waals surface area (Å²) in [5.74, 6) is -0.407. The number of methoxy groups -OCH3 is 2. The number of esters is 1. The lowest BCUT2D eigenvalue weighted by Crippen LogP contribution is -2.36. The summed E-state index contributed by atoms with van der Waals surface area (Å²) in [7, 11) is 2.90. The van der Waals surface area contributed by atoms with E-state index in [2.05, 4.69) is 4.74 Å². The number of nitrogens with two attached hydrogens (primary N) is 1. The predicted molar refractivity (Wildman–Crippen MR) is 79.6 cm³/mol. The third kappa shape index (κ3) is 6.27. The predicted octanol–water partition coefficient (Wildman–Crippen LogP) is 0.849. The Morgan fingerprint density at radius 2 is 2.00 bits per heavy atom. The van der Waals surface area contributed by atoms with Crippen LogP contribution in [-0.2, 0) is 25.5 Å². The Hall–Kier alpha value is -2.08. The average molecular weight is 294 g/mol. The zero-order valence-corrected chi connectivity index (χ0v) is 12.5. The SMILES string of the molecule is COCCN(CCC(=O)OC)C(=O)Cc1cccc(N)c1. The van der Waals surface area contributed by atoms with Crippen molar-refractivity contribution in [2.45, 2.75) is 12.8 Å². The molecule has 0 aliphatic heterocycles. The maximum Gasteiger partial charge on any atom is 0.307 e. The van der Waals surface area contributed by atoms with E-state index in [4.69, 9.17) is 10.5 Å². The van der Waals surface area contributed by atoms with Gasteiger partial charge in [0, 0.05) is 25.9 Å². The van der Waals surface area contributed by atoms with E-state index >= 15 is 0 Å². The van der Waals surface area contributed by atoms with Crippen LogP contribution in [0.25, 0.3) is 0 Å². The minimum Gasteiger partial charge on any atom is -0.469 e. The lowest BCUT2D eigenvalue weighted by Gasteiger charge is -2.22. The molecule has 21 heavy (non-hydrogen) atoms. The van der Waals surface area contributed by atoms with Crippen molar-refractivity contribution >= 4 is 17.6 Å². The molecule has 1 aromatic carbocycles. The van der Waals surface area contributed by atoms with Gasteiger partial charge in [-0.1, -0.05) is 12.1 Å². The summed E-state index contributed by atoms with van der Waals surface area (Å²) < 4.78 is 9.59. The zero-order chi connectivity index (χ0) is 15.7. The van der Waals surface area contributed by atoms with E-state index < -0.39 is 0 Å². The van der Waals surface area contributed by atoms with E-state index in [9.17, 15) is 9.59 Å². The summed E-state index contributed by atoms with van der Waals surface area (Å²) in [6.45, 7) is 1.18. The number of carbonyl (C=O) groups excluding carboxylic acids is 2. The second-order valence-corrected chi connectivity index (χ2v) is 4.62. The van der Waals surface area contributed by atoms with Crippen LogP contribution >= 0.6 is 0 Å². The first-order valence-electron chi connectivity index (χ1n) is 6.74. The van der Waals surface area contributed by atoms with Crippen molar-refractivity contribution in [3.8, 4) is 0 Å². The van der Waals surface area contributed by atoms with Gasteiger partial charge in [0.1, 0.15) is 0 Å². The van der Waals surface area contributed by atoms with Crippen molar-refractivity contribution in [1.29, 1.82) is 0 Å². The molecule has 0 atom stereocenters. The second-order valence-electron chi connectivity index (χ2n) is 4.62. The Balaban J connectivity index is 2.63. The Morgan fingerprint density at radius 3 is 2.62 bits per heavy atom. The monoisotopic (exact) mass is 294 g/mol. The fraction of sp³-hybridized carbons (Fsp3) is 0.467. The van der Waals surface area contributed by atoms with Crippen LogP contribution in [0.3, 0.4) is 0 Å². The van der Waals surface area contributed by atoms with Crippen LogP contribution < -0.4 is 5.73 Å². The van der Waals surface area contributed by atoms with Gasteiger partial charge in [-0.25, -0.2) is 0 Å². The maximum atomic E-state index is 12.3. The first-order valence-corrected chi connectivity index (χ1v) is 6.74. The highest BCUT2D eigenvalue weighted by Gasteiger charge is 2.15. The summed E-state index contributed by atoms with van der Waals surface area (Å²) in [5.41, 5.74) is 7.17. The average Bonchev–Trinajstić information content (AvgIpc) is 2.46. The lowest BCUT2D eigenvalue weighted by atomic mass is 10.1. The molecule has 0 aliphatic rings. The van der Waals surface area contributed by atoms with Crippen LogP contribution in [-0.4, -0.2) is 50.7 Å². The second kappa shape index (κ2) is 8.97. The molecule has 6 heteroatoms. The van der Waals surface area contributed by atoms with Gasteiger partial charge in [0.15, 0.2) is 0 Å². The fourth-order valence-corrected chi connectivity index (χ4v) is 1.88. The normalized spacial score (nSPS) is 10.2. The number of carbonyl (C=O) groups is 2. The zero-order valence-electron chi connectivity index (χ0n) is 12.5. The molecule has 0 aliphatic carbocycles. The largest absolute Gasteiger partial charge is 0.469 e. The molecule has 0 aromatic heterocycles. The molecular weight excluding hydrogens is 272 g/mol. The molecular formula is C15H22N2O4. The summed E-state index contributed by atoms with van der Waals surface area (Å²) in [4.78, 5) is 25.1. The Kier molecular flexibility index (Phi) is 7.25. The number of anilines is 1. The van der Waals surface area contributed by atoms with Crippen LogP contribution in [0.2, 0.25) is 0 Å². The molecule has 1 rings (SSSR count). The minimum atomic E-state index is -0.339. The van der Waals surface area contributed by atoms with Crippen molar-refractivity contribution in [3.05, 3.63) is 29.8 Å². The number of hydrogen-bond donors (Lipinski definition) is 1. The highest BCUT2D eigenvalue weighted by atomic mass is 16.5. The molecule has 0 saturated carbocycles. The van der Waals surface area contributed by atoms with Gasteiger partial charge in [0.25, 0.3) is 0 Å². The summed E-state index contributed by atoms with van der Waals surface area (Å²) in [6, 6.07) is 7.20. The molecule has 2 N–H and O–H groups in total. The Morgan fingerprint density at radius 1 is 1.24 bits per heavy atom. The summed E-state index contributed by atoms with van der Waals surface area (Å²) >= 11 is 0. The number of ether oxygens (including phenoxy) is 2. The first kappa shape index (κ1) is 17.0. The van der Waals surface area contributed by atoms with Gasteiger partial charge in [-0.2, -0.15) is 0 Å². The van der Waals surface area contributed by atoms with E-state index in [1.807, 2.05) is 12.1 Å². The number of amides is 1. The van der Waals surface area contributed by atoms with Crippen LogP contribution in [0, 0.1) is 0 Å². The molecule has 0 spiro atoms. The molecule has 0 fully saturated rings. The smallest absolute Gasteiger partial charge is 0.307 e. The van der Waals surface area contributed by atoms with Crippen LogP contribution in [0.15, 0.2) is 24.3 Å². The van der Waals surface area contributed by atoms with Crippen LogP contribution in [0.4, 0.5) is 5.69 Å². The van der Waals surface area contributed by atoms with Gasteiger partial charge in [-0.05, 0) is 17.7 Å². The molecule has 0 heterocycles. The standard InChI is InChI=1S/C15H22N2O4/c1-20-9-8-17(7-6-15(19)21-2)14(18)11-12-4-3-5-13(16)10-12/h3-5,10H,6-9,11,16H2,1-2H3. The highest BCUT2D eigenvalue weighted by molar-refractivity contribution is 5.79. The van der Waals surface area contributed by atoms with Gasteiger partial charge >= 0.3 is 5.97 Å². The van der Waals surface area contributed by atoms with E-state index in [0.717, 1.165) is 5.56 Å². The van der Waals surface area contributed by atoms with Crippen molar-refractivity contribution in [2.75, 3.05) is 39.6 Å². The topological polar surface area (TPSA) is 81.9 Å². The Bertz CT molecular complexity index is 476. The molecule has 0 saturated heterocycles. The number of nitrogen functional groups attached to an aromatic ring is 1. The molecule has 0 radical (unpaired) electrons. The van der Waals surface area contributed by atoms with Gasteiger partial charge in [0.05, 0.1) is 26.6 Å². The summed E-state index contributed by atoms with van der Waals surface area (Å²) in [6.07, 6.45) is 0.415. The molecule has 0 bridgehead atoms. The molecule has 116 valence electrons. The van der Waals surface area contributed by atoms with E-state index in [-0.39, 0.29) is 24.7 Å². The van der Waals surface area contributed by atoms with Gasteiger partial charge in [-0.3, -0.25) is 9.59 Å². The Labute approximate surface area is 124 Å². The van der Waals surface area contributed by atoms with Crippen LogP contribution in [0.1, 0.15) is 12.0 Å². The molecule has 1 aromatic rings. The van der Waals surface area contributed by atoms with E-state index in [1.165, 1.54) is 7.11 Å². The van der Waals surface area contributed by atoms with E-state index in [0.29, 0.717) is 25.4 Å². The number of rotatable bonds is 8. The molecule has 6 nitrogen and oxygen atoms in total. The third-order valence-corrected chi connectivity index (χ3v) is 3.04. The minimum absolute atomic E-state index is 0.0680. The number of benzene rings is 1. The quantitative estimate of drug-likeness (QED) is 0.568. The van der Waals surface area contributed by atoms with Crippen molar-refractivity contribution in [1.82, 2.24) is 4.90 Å². The van der Waals surface area contributed by atoms with Crippen molar-refractivity contribution in [2.24, 2.45) is 0 Å². The molecule has 1 amide bonds. The molecule has 0 unspecified atom stereocenters.